The van der Waals surface area contributed by atoms with E-state index in [1.807, 2.05) is 51.1 Å². The van der Waals surface area contributed by atoms with Gasteiger partial charge in [-0.15, -0.1) is 0 Å². The lowest BCUT2D eigenvalue weighted by Gasteiger charge is -2.15. The molecule has 0 saturated heterocycles. The summed E-state index contributed by atoms with van der Waals surface area (Å²) in [5.74, 6) is 0.958. The van der Waals surface area contributed by atoms with E-state index in [1.165, 1.54) is 0 Å². The largest absolute Gasteiger partial charge is 0.490 e. The average Bonchev–Trinajstić information content (AvgIpc) is 2.76. The average molecular weight is 414 g/mol. The molecule has 0 saturated carbocycles. The highest BCUT2D eigenvalue weighted by Crippen LogP contribution is 2.31. The molecule has 30 heavy (non-hydrogen) atoms. The highest BCUT2D eigenvalue weighted by molar-refractivity contribution is 5.92. The van der Waals surface area contributed by atoms with Crippen LogP contribution in [0.3, 0.4) is 0 Å². The molecule has 0 bridgehead atoms. The fourth-order valence-corrected chi connectivity index (χ4v) is 2.70. The number of ether oxygens (including phenoxy) is 2. The van der Waals surface area contributed by atoms with Gasteiger partial charge in [0, 0.05) is 11.8 Å². The molecule has 2 rings (SSSR count). The Balaban J connectivity index is 1.86. The summed E-state index contributed by atoms with van der Waals surface area (Å²) < 4.78 is 11.4. The summed E-state index contributed by atoms with van der Waals surface area (Å²) in [7, 11) is 0. The van der Waals surface area contributed by atoms with E-state index < -0.39 is 6.03 Å². The predicted molar refractivity (Wildman–Crippen MR) is 118 cm³/mol. The number of hydrogen-bond acceptors (Lipinski definition) is 4. The SMILES string of the molecule is CCCOc1ccc(NC(=O)NCC(=O)N[C@@H](C)c2ccccc2)cc1OCCC. The Morgan fingerprint density at radius 3 is 2.27 bits per heavy atom. The van der Waals surface area contributed by atoms with E-state index >= 15 is 0 Å². The van der Waals surface area contributed by atoms with Crippen LogP contribution in [0, 0.1) is 0 Å². The molecule has 0 unspecified atom stereocenters. The van der Waals surface area contributed by atoms with Crippen LogP contribution in [0.25, 0.3) is 0 Å². The zero-order chi connectivity index (χ0) is 21.8. The van der Waals surface area contributed by atoms with Crippen molar-refractivity contribution in [3.8, 4) is 11.5 Å². The summed E-state index contributed by atoms with van der Waals surface area (Å²) in [5.41, 5.74) is 1.56. The van der Waals surface area contributed by atoms with Gasteiger partial charge in [0.2, 0.25) is 5.91 Å². The smallest absolute Gasteiger partial charge is 0.319 e. The van der Waals surface area contributed by atoms with Crippen molar-refractivity contribution in [3.05, 3.63) is 54.1 Å². The molecular formula is C23H31N3O4. The Bertz CT molecular complexity index is 811. The van der Waals surface area contributed by atoms with Gasteiger partial charge in [0.25, 0.3) is 0 Å². The van der Waals surface area contributed by atoms with Gasteiger partial charge in [0.1, 0.15) is 0 Å². The Hall–Kier alpha value is -3.22. The molecule has 2 aromatic carbocycles. The first-order valence-corrected chi connectivity index (χ1v) is 10.3. The van der Waals surface area contributed by atoms with Crippen LogP contribution in [0.15, 0.2) is 48.5 Å². The van der Waals surface area contributed by atoms with Crippen LogP contribution < -0.4 is 25.4 Å². The Morgan fingerprint density at radius 2 is 1.60 bits per heavy atom. The lowest BCUT2D eigenvalue weighted by molar-refractivity contribution is -0.120. The molecule has 0 aliphatic heterocycles. The molecule has 0 aliphatic rings. The minimum Gasteiger partial charge on any atom is -0.490 e. The van der Waals surface area contributed by atoms with Gasteiger partial charge < -0.3 is 25.4 Å². The van der Waals surface area contributed by atoms with Gasteiger partial charge in [-0.1, -0.05) is 44.2 Å². The molecule has 3 amide bonds. The molecule has 0 heterocycles. The van der Waals surface area contributed by atoms with Crippen molar-refractivity contribution < 1.29 is 19.1 Å². The lowest BCUT2D eigenvalue weighted by atomic mass is 10.1. The molecule has 7 nitrogen and oxygen atoms in total. The number of carbonyl (C=O) groups excluding carboxylic acids is 2. The molecule has 7 heteroatoms. The number of amides is 3. The van der Waals surface area contributed by atoms with E-state index in [9.17, 15) is 9.59 Å². The number of carbonyl (C=O) groups is 2. The molecule has 3 N–H and O–H groups in total. The second kappa shape index (κ2) is 12.4. The molecule has 0 aromatic heterocycles. The first kappa shape index (κ1) is 23.1. The van der Waals surface area contributed by atoms with E-state index in [2.05, 4.69) is 16.0 Å². The molecule has 0 spiro atoms. The van der Waals surface area contributed by atoms with Gasteiger partial charge in [-0.25, -0.2) is 4.79 Å². The number of benzene rings is 2. The molecule has 0 radical (unpaired) electrons. The van der Waals surface area contributed by atoms with Crippen LogP contribution in [0.1, 0.15) is 45.2 Å². The topological polar surface area (TPSA) is 88.7 Å². The molecule has 2 aromatic rings. The van der Waals surface area contributed by atoms with Gasteiger partial charge in [0.15, 0.2) is 11.5 Å². The number of nitrogens with one attached hydrogen (secondary N) is 3. The third kappa shape index (κ3) is 7.66. The Morgan fingerprint density at radius 1 is 0.933 bits per heavy atom. The Kier molecular flexibility index (Phi) is 9.51. The first-order chi connectivity index (χ1) is 14.5. The van der Waals surface area contributed by atoms with Crippen LogP contribution in [0.4, 0.5) is 10.5 Å². The number of anilines is 1. The fourth-order valence-electron chi connectivity index (χ4n) is 2.70. The van der Waals surface area contributed by atoms with Gasteiger partial charge in [0.05, 0.1) is 25.8 Å². The van der Waals surface area contributed by atoms with E-state index in [-0.39, 0.29) is 18.5 Å². The fraction of sp³-hybridized carbons (Fsp3) is 0.391. The molecule has 0 fully saturated rings. The third-order valence-corrected chi connectivity index (χ3v) is 4.21. The van der Waals surface area contributed by atoms with Crippen molar-refractivity contribution in [2.24, 2.45) is 0 Å². The maximum absolute atomic E-state index is 12.2. The summed E-state index contributed by atoms with van der Waals surface area (Å²) in [6, 6.07) is 14.3. The second-order valence-electron chi connectivity index (χ2n) is 6.87. The third-order valence-electron chi connectivity index (χ3n) is 4.21. The maximum atomic E-state index is 12.2. The van der Waals surface area contributed by atoms with E-state index in [4.69, 9.17) is 9.47 Å². The van der Waals surface area contributed by atoms with Crippen molar-refractivity contribution in [1.82, 2.24) is 10.6 Å². The Labute approximate surface area is 178 Å². The molecular weight excluding hydrogens is 382 g/mol. The van der Waals surface area contributed by atoms with Crippen molar-refractivity contribution in [2.75, 3.05) is 25.1 Å². The number of urea groups is 1. The van der Waals surface area contributed by atoms with Crippen LogP contribution >= 0.6 is 0 Å². The van der Waals surface area contributed by atoms with Gasteiger partial charge in [-0.05, 0) is 37.5 Å². The zero-order valence-electron chi connectivity index (χ0n) is 17.9. The minimum atomic E-state index is -0.471. The summed E-state index contributed by atoms with van der Waals surface area (Å²) in [5, 5.41) is 8.14. The lowest BCUT2D eigenvalue weighted by Crippen LogP contribution is -2.39. The summed E-state index contributed by atoms with van der Waals surface area (Å²) in [6.45, 7) is 6.97. The quantitative estimate of drug-likeness (QED) is 0.513. The van der Waals surface area contributed by atoms with Crippen molar-refractivity contribution >= 4 is 17.6 Å². The first-order valence-electron chi connectivity index (χ1n) is 10.3. The van der Waals surface area contributed by atoms with Crippen LogP contribution in [-0.4, -0.2) is 31.7 Å². The van der Waals surface area contributed by atoms with Crippen LogP contribution in [-0.2, 0) is 4.79 Å². The van der Waals surface area contributed by atoms with Crippen molar-refractivity contribution in [3.63, 3.8) is 0 Å². The molecule has 1 atom stereocenters. The standard InChI is InChI=1S/C23H31N3O4/c1-4-13-29-20-12-11-19(15-21(20)30-14-5-2)26-23(28)24-16-22(27)25-17(3)18-9-7-6-8-10-18/h6-12,15,17H,4-5,13-14,16H2,1-3H3,(H,25,27)(H2,24,26,28)/t17-/m0/s1. The summed E-state index contributed by atoms with van der Waals surface area (Å²) >= 11 is 0. The molecule has 162 valence electrons. The van der Waals surface area contributed by atoms with E-state index in [1.54, 1.807) is 18.2 Å². The van der Waals surface area contributed by atoms with Crippen molar-refractivity contribution in [1.29, 1.82) is 0 Å². The summed E-state index contributed by atoms with van der Waals surface area (Å²) in [4.78, 5) is 24.3. The number of rotatable bonds is 11. The predicted octanol–water partition coefficient (Wildman–Crippen LogP) is 4.26. The number of hydrogen-bond donors (Lipinski definition) is 3. The van der Waals surface area contributed by atoms with Crippen LogP contribution in [0.2, 0.25) is 0 Å². The maximum Gasteiger partial charge on any atom is 0.319 e. The normalized spacial score (nSPS) is 11.3. The van der Waals surface area contributed by atoms with Gasteiger partial charge >= 0.3 is 6.03 Å². The van der Waals surface area contributed by atoms with Gasteiger partial charge in [-0.3, -0.25) is 4.79 Å². The monoisotopic (exact) mass is 413 g/mol. The second-order valence-corrected chi connectivity index (χ2v) is 6.87. The highest BCUT2D eigenvalue weighted by Gasteiger charge is 2.12. The van der Waals surface area contributed by atoms with Crippen LogP contribution in [0.5, 0.6) is 11.5 Å². The van der Waals surface area contributed by atoms with E-state index in [0.717, 1.165) is 18.4 Å². The zero-order valence-corrected chi connectivity index (χ0v) is 17.9. The molecule has 0 aliphatic carbocycles. The van der Waals surface area contributed by atoms with Crippen molar-refractivity contribution in [2.45, 2.75) is 39.7 Å². The van der Waals surface area contributed by atoms with E-state index in [0.29, 0.717) is 30.4 Å². The minimum absolute atomic E-state index is 0.125. The summed E-state index contributed by atoms with van der Waals surface area (Å²) in [6.07, 6.45) is 1.75. The van der Waals surface area contributed by atoms with Gasteiger partial charge in [-0.2, -0.15) is 0 Å². The highest BCUT2D eigenvalue weighted by atomic mass is 16.5.